The van der Waals surface area contributed by atoms with Crippen LogP contribution in [-0.2, 0) is 12.8 Å². The fraction of sp³-hybridized carbons (Fsp3) is 0.667. The summed E-state index contributed by atoms with van der Waals surface area (Å²) in [6.45, 7) is 4.60. The lowest BCUT2D eigenvalue weighted by Gasteiger charge is -2.17. The molecule has 0 aliphatic heterocycles. The molecule has 1 nitrogen and oxygen atoms in total. The van der Waals surface area contributed by atoms with Gasteiger partial charge in [0.15, 0.2) is 0 Å². The van der Waals surface area contributed by atoms with Gasteiger partial charge in [0.05, 0.1) is 0 Å². The van der Waals surface area contributed by atoms with Crippen LogP contribution in [0.1, 0.15) is 153 Å². The van der Waals surface area contributed by atoms with Crippen LogP contribution >= 0.6 is 0 Å². The van der Waals surface area contributed by atoms with Crippen molar-refractivity contribution < 1.29 is 0 Å². The lowest BCUT2D eigenvalue weighted by molar-refractivity contribution is 0.553. The van der Waals surface area contributed by atoms with Gasteiger partial charge in [0.2, 0.25) is 0 Å². The van der Waals surface area contributed by atoms with Crippen molar-refractivity contribution in [1.82, 2.24) is 0 Å². The van der Waals surface area contributed by atoms with Crippen LogP contribution in [0.2, 0.25) is 0 Å². The zero-order valence-corrected chi connectivity index (χ0v) is 24.7. The molecule has 0 aromatic heterocycles. The maximum atomic E-state index is 3.74. The standard InChI is InChI=1S/C36H59N/c1-3-5-7-9-11-13-15-17-19-22-27-33-28-26-32-36(37-34-29-23-21-24-30-34)35(33)31-25-20-18-16-14-12-10-8-6-4-2/h21,23-24,26,28-30,32,37H,3-20,22,25,27,31H2,1-2H3. The van der Waals surface area contributed by atoms with Crippen LogP contribution in [0.3, 0.4) is 0 Å². The van der Waals surface area contributed by atoms with Gasteiger partial charge in [0, 0.05) is 11.4 Å². The van der Waals surface area contributed by atoms with Crippen LogP contribution in [-0.4, -0.2) is 0 Å². The third kappa shape index (κ3) is 15.3. The summed E-state index contributed by atoms with van der Waals surface area (Å²) in [5, 5.41) is 3.74. The molecule has 208 valence electrons. The Bertz CT molecular complexity index is 765. The van der Waals surface area contributed by atoms with E-state index >= 15 is 0 Å². The van der Waals surface area contributed by atoms with Crippen LogP contribution < -0.4 is 5.32 Å². The molecule has 0 amide bonds. The first-order chi connectivity index (χ1) is 18.3. The molecule has 0 saturated heterocycles. The number of hydrogen-bond donors (Lipinski definition) is 1. The Morgan fingerprint density at radius 1 is 0.432 bits per heavy atom. The first-order valence-electron chi connectivity index (χ1n) is 16.3. The molecule has 2 aromatic rings. The number of rotatable bonds is 24. The number of benzene rings is 2. The molecule has 0 aliphatic rings. The maximum absolute atomic E-state index is 3.74. The molecule has 0 heterocycles. The number of hydrogen-bond acceptors (Lipinski definition) is 1. The van der Waals surface area contributed by atoms with Gasteiger partial charge in [-0.05, 0) is 55.0 Å². The lowest BCUT2D eigenvalue weighted by atomic mass is 9.94. The van der Waals surface area contributed by atoms with Gasteiger partial charge >= 0.3 is 0 Å². The first kappa shape index (κ1) is 31.5. The van der Waals surface area contributed by atoms with Crippen molar-refractivity contribution in [2.24, 2.45) is 0 Å². The van der Waals surface area contributed by atoms with Crippen molar-refractivity contribution in [3.63, 3.8) is 0 Å². The molecule has 1 heteroatoms. The van der Waals surface area contributed by atoms with E-state index in [2.05, 4.69) is 67.7 Å². The molecular formula is C36H59N. The van der Waals surface area contributed by atoms with E-state index in [0.717, 1.165) is 0 Å². The second kappa shape index (κ2) is 22.2. The van der Waals surface area contributed by atoms with Crippen LogP contribution in [0.15, 0.2) is 48.5 Å². The molecule has 37 heavy (non-hydrogen) atoms. The van der Waals surface area contributed by atoms with Crippen molar-refractivity contribution in [1.29, 1.82) is 0 Å². The van der Waals surface area contributed by atoms with E-state index in [-0.39, 0.29) is 0 Å². The highest BCUT2D eigenvalue weighted by molar-refractivity contribution is 5.64. The van der Waals surface area contributed by atoms with Gasteiger partial charge in [-0.15, -0.1) is 0 Å². The van der Waals surface area contributed by atoms with Crippen molar-refractivity contribution in [3.8, 4) is 0 Å². The zero-order chi connectivity index (χ0) is 26.2. The molecule has 0 atom stereocenters. The molecule has 2 aromatic carbocycles. The quantitative estimate of drug-likeness (QED) is 0.140. The molecule has 0 saturated carbocycles. The fourth-order valence-electron chi connectivity index (χ4n) is 5.55. The summed E-state index contributed by atoms with van der Waals surface area (Å²) >= 11 is 0. The van der Waals surface area contributed by atoms with E-state index < -0.39 is 0 Å². The van der Waals surface area contributed by atoms with Gasteiger partial charge in [-0.1, -0.05) is 160 Å². The Hall–Kier alpha value is -1.76. The average Bonchev–Trinajstić information content (AvgIpc) is 2.92. The largest absolute Gasteiger partial charge is 0.355 e. The van der Waals surface area contributed by atoms with Gasteiger partial charge in [0.25, 0.3) is 0 Å². The van der Waals surface area contributed by atoms with Crippen molar-refractivity contribution in [2.45, 2.75) is 155 Å². The average molecular weight is 506 g/mol. The monoisotopic (exact) mass is 505 g/mol. The molecule has 0 bridgehead atoms. The second-order valence-corrected chi connectivity index (χ2v) is 11.3. The van der Waals surface area contributed by atoms with Crippen LogP contribution in [0.25, 0.3) is 0 Å². The van der Waals surface area contributed by atoms with Crippen LogP contribution in [0, 0.1) is 0 Å². The number of unbranched alkanes of at least 4 members (excludes halogenated alkanes) is 18. The summed E-state index contributed by atoms with van der Waals surface area (Å²) < 4.78 is 0. The molecule has 2 rings (SSSR count). The van der Waals surface area contributed by atoms with E-state index in [0.29, 0.717) is 0 Å². The Kier molecular flexibility index (Phi) is 18.9. The predicted octanol–water partition coefficient (Wildman–Crippen LogP) is 12.4. The normalized spacial score (nSPS) is 11.2. The van der Waals surface area contributed by atoms with Crippen molar-refractivity contribution in [2.75, 3.05) is 5.32 Å². The molecular weight excluding hydrogens is 446 g/mol. The Balaban J connectivity index is 1.77. The van der Waals surface area contributed by atoms with E-state index in [1.165, 1.54) is 153 Å². The molecule has 1 N–H and O–H groups in total. The third-order valence-corrected chi connectivity index (χ3v) is 7.91. The van der Waals surface area contributed by atoms with Crippen molar-refractivity contribution >= 4 is 11.4 Å². The number of nitrogens with one attached hydrogen (secondary N) is 1. The van der Waals surface area contributed by atoms with Gasteiger partial charge in [-0.2, -0.15) is 0 Å². The summed E-state index contributed by atoms with van der Waals surface area (Å²) in [7, 11) is 0. The predicted molar refractivity (Wildman–Crippen MR) is 167 cm³/mol. The highest BCUT2D eigenvalue weighted by atomic mass is 14.9. The topological polar surface area (TPSA) is 12.0 Å². The highest BCUT2D eigenvalue weighted by Crippen LogP contribution is 2.28. The maximum Gasteiger partial charge on any atom is 0.0419 e. The summed E-state index contributed by atoms with van der Waals surface area (Å²) in [5.74, 6) is 0. The minimum atomic E-state index is 1.20. The van der Waals surface area contributed by atoms with E-state index in [1.807, 2.05) is 0 Å². The first-order valence-corrected chi connectivity index (χ1v) is 16.3. The Morgan fingerprint density at radius 2 is 0.892 bits per heavy atom. The minimum Gasteiger partial charge on any atom is -0.355 e. The van der Waals surface area contributed by atoms with E-state index in [4.69, 9.17) is 0 Å². The Morgan fingerprint density at radius 3 is 1.41 bits per heavy atom. The molecule has 0 unspecified atom stereocenters. The smallest absolute Gasteiger partial charge is 0.0419 e. The van der Waals surface area contributed by atoms with Crippen LogP contribution in [0.5, 0.6) is 0 Å². The van der Waals surface area contributed by atoms with Gasteiger partial charge in [-0.3, -0.25) is 0 Å². The van der Waals surface area contributed by atoms with Crippen molar-refractivity contribution in [3.05, 3.63) is 59.7 Å². The Labute approximate surface area is 231 Å². The summed E-state index contributed by atoms with van der Waals surface area (Å²) in [6, 6.07) is 17.7. The molecule has 0 radical (unpaired) electrons. The van der Waals surface area contributed by atoms with Gasteiger partial charge in [0.1, 0.15) is 0 Å². The summed E-state index contributed by atoms with van der Waals surface area (Å²) in [5.41, 5.74) is 5.67. The summed E-state index contributed by atoms with van der Waals surface area (Å²) in [6.07, 6.45) is 30.5. The van der Waals surface area contributed by atoms with E-state index in [1.54, 1.807) is 11.1 Å². The van der Waals surface area contributed by atoms with E-state index in [9.17, 15) is 0 Å². The second-order valence-electron chi connectivity index (χ2n) is 11.3. The third-order valence-electron chi connectivity index (χ3n) is 7.91. The molecule has 0 fully saturated rings. The molecule has 0 spiro atoms. The molecule has 0 aliphatic carbocycles. The number of aryl methyl sites for hydroxylation is 1. The minimum absolute atomic E-state index is 1.20. The van der Waals surface area contributed by atoms with Gasteiger partial charge in [-0.25, -0.2) is 0 Å². The highest BCUT2D eigenvalue weighted by Gasteiger charge is 2.09. The fourth-order valence-corrected chi connectivity index (χ4v) is 5.55. The SMILES string of the molecule is CCCCCCCCCCCCc1cccc(Nc2ccccc2)c1CCCCCCCCCCCC. The zero-order valence-electron chi connectivity index (χ0n) is 24.7. The number of anilines is 2. The summed E-state index contributed by atoms with van der Waals surface area (Å²) in [4.78, 5) is 0. The van der Waals surface area contributed by atoms with Crippen LogP contribution in [0.4, 0.5) is 11.4 Å². The van der Waals surface area contributed by atoms with Gasteiger partial charge < -0.3 is 5.32 Å². The lowest BCUT2D eigenvalue weighted by Crippen LogP contribution is -2.02. The number of para-hydroxylation sites is 1.